The first-order chi connectivity index (χ1) is 5.95. The first kappa shape index (κ1) is 12.4. The number of anilines is 1. The van der Waals surface area contributed by atoms with Crippen molar-refractivity contribution in [3.8, 4) is 0 Å². The highest BCUT2D eigenvalue weighted by molar-refractivity contribution is 7.55. The van der Waals surface area contributed by atoms with Gasteiger partial charge in [0.05, 0.1) is 0 Å². The zero-order chi connectivity index (χ0) is 10.4. The van der Waals surface area contributed by atoms with Gasteiger partial charge in [-0.2, -0.15) is 0 Å². The SMILES string of the molecule is CP(C)C.Cc1cccc(N)c1C. The van der Waals surface area contributed by atoms with E-state index in [2.05, 4.69) is 33.0 Å². The predicted octanol–water partition coefficient (Wildman–Crippen LogP) is 3.24. The quantitative estimate of drug-likeness (QED) is 0.501. The van der Waals surface area contributed by atoms with Gasteiger partial charge in [-0.05, 0) is 51.0 Å². The minimum absolute atomic E-state index is 0.380. The third-order valence-electron chi connectivity index (χ3n) is 1.65. The van der Waals surface area contributed by atoms with E-state index in [4.69, 9.17) is 5.73 Å². The van der Waals surface area contributed by atoms with E-state index in [0.717, 1.165) is 5.69 Å². The lowest BCUT2D eigenvalue weighted by molar-refractivity contribution is 1.35. The van der Waals surface area contributed by atoms with Crippen LogP contribution in [0, 0.1) is 13.8 Å². The average Bonchev–Trinajstić information content (AvgIpc) is 1.99. The normalized spacial score (nSPS) is 9.38. The largest absolute Gasteiger partial charge is 0.399 e. The molecule has 0 atom stereocenters. The molecule has 2 N–H and O–H groups in total. The van der Waals surface area contributed by atoms with Crippen LogP contribution in [-0.2, 0) is 0 Å². The molecule has 0 aliphatic rings. The Kier molecular flexibility index (Phi) is 5.73. The van der Waals surface area contributed by atoms with Crippen molar-refractivity contribution in [2.75, 3.05) is 25.7 Å². The van der Waals surface area contributed by atoms with Crippen LogP contribution in [0.25, 0.3) is 0 Å². The zero-order valence-corrected chi connectivity index (χ0v) is 10.2. The second-order valence-corrected chi connectivity index (χ2v) is 6.31. The summed E-state index contributed by atoms with van der Waals surface area (Å²) < 4.78 is 0. The Hall–Kier alpha value is -0.550. The standard InChI is InChI=1S/C8H11N.C3H9P/c1-6-4-3-5-8(9)7(6)2;1-4(2)3/h3-5H,9H2,1-2H3;1-3H3. The van der Waals surface area contributed by atoms with Crippen LogP contribution < -0.4 is 5.73 Å². The van der Waals surface area contributed by atoms with E-state index in [1.54, 1.807) is 0 Å². The number of benzene rings is 1. The third kappa shape index (κ3) is 5.65. The summed E-state index contributed by atoms with van der Waals surface area (Å²) in [5.74, 6) is 0. The molecule has 1 nitrogen and oxygen atoms in total. The number of rotatable bonds is 0. The molecule has 74 valence electrons. The average molecular weight is 197 g/mol. The van der Waals surface area contributed by atoms with Crippen molar-refractivity contribution in [2.45, 2.75) is 13.8 Å². The highest BCUT2D eigenvalue weighted by Gasteiger charge is 1.92. The molecular weight excluding hydrogens is 177 g/mol. The molecule has 0 spiro atoms. The van der Waals surface area contributed by atoms with Crippen molar-refractivity contribution < 1.29 is 0 Å². The molecule has 0 amide bonds. The Morgan fingerprint density at radius 2 is 1.54 bits per heavy atom. The molecule has 13 heavy (non-hydrogen) atoms. The summed E-state index contributed by atoms with van der Waals surface area (Å²) >= 11 is 0. The van der Waals surface area contributed by atoms with Gasteiger partial charge < -0.3 is 5.73 Å². The molecule has 0 aromatic heterocycles. The lowest BCUT2D eigenvalue weighted by Crippen LogP contribution is -1.90. The topological polar surface area (TPSA) is 26.0 Å². The number of aryl methyl sites for hydroxylation is 1. The molecule has 0 fully saturated rings. The van der Waals surface area contributed by atoms with Crippen molar-refractivity contribution in [2.24, 2.45) is 0 Å². The van der Waals surface area contributed by atoms with Gasteiger partial charge in [0.1, 0.15) is 0 Å². The van der Waals surface area contributed by atoms with Gasteiger partial charge in [0.25, 0.3) is 0 Å². The molecule has 0 aliphatic carbocycles. The van der Waals surface area contributed by atoms with Gasteiger partial charge in [0, 0.05) is 5.69 Å². The van der Waals surface area contributed by atoms with E-state index < -0.39 is 0 Å². The summed E-state index contributed by atoms with van der Waals surface area (Å²) in [6, 6.07) is 5.95. The van der Waals surface area contributed by atoms with Crippen LogP contribution in [0.15, 0.2) is 18.2 Å². The molecule has 0 saturated carbocycles. The maximum absolute atomic E-state index is 5.62. The number of hydrogen-bond donors (Lipinski definition) is 1. The minimum Gasteiger partial charge on any atom is -0.399 e. The summed E-state index contributed by atoms with van der Waals surface area (Å²) in [5.41, 5.74) is 8.96. The fourth-order valence-electron chi connectivity index (χ4n) is 0.774. The Balaban J connectivity index is 0.000000310. The van der Waals surface area contributed by atoms with Gasteiger partial charge >= 0.3 is 0 Å². The van der Waals surface area contributed by atoms with Crippen LogP contribution in [0.2, 0.25) is 0 Å². The Morgan fingerprint density at radius 1 is 1.08 bits per heavy atom. The maximum atomic E-state index is 5.62. The summed E-state index contributed by atoms with van der Waals surface area (Å²) in [5, 5.41) is 0. The highest BCUT2D eigenvalue weighted by atomic mass is 31.1. The van der Waals surface area contributed by atoms with Crippen LogP contribution >= 0.6 is 7.92 Å². The van der Waals surface area contributed by atoms with Crippen LogP contribution in [-0.4, -0.2) is 20.0 Å². The summed E-state index contributed by atoms with van der Waals surface area (Å²) in [6.45, 7) is 10.8. The molecule has 1 aromatic carbocycles. The van der Waals surface area contributed by atoms with Crippen molar-refractivity contribution in [1.29, 1.82) is 0 Å². The fraction of sp³-hybridized carbons (Fsp3) is 0.455. The molecule has 2 heteroatoms. The van der Waals surface area contributed by atoms with Crippen molar-refractivity contribution in [3.05, 3.63) is 29.3 Å². The lowest BCUT2D eigenvalue weighted by Gasteiger charge is -2.00. The molecule has 0 radical (unpaired) electrons. The van der Waals surface area contributed by atoms with Crippen LogP contribution in [0.1, 0.15) is 11.1 Å². The van der Waals surface area contributed by atoms with E-state index in [0.29, 0.717) is 7.92 Å². The Labute approximate surface area is 83.1 Å². The van der Waals surface area contributed by atoms with Gasteiger partial charge in [-0.3, -0.25) is 0 Å². The Bertz CT molecular complexity index is 233. The summed E-state index contributed by atoms with van der Waals surface area (Å²) in [4.78, 5) is 0. The van der Waals surface area contributed by atoms with Crippen molar-refractivity contribution in [3.63, 3.8) is 0 Å². The van der Waals surface area contributed by atoms with Crippen molar-refractivity contribution in [1.82, 2.24) is 0 Å². The first-order valence-electron chi connectivity index (χ1n) is 4.37. The van der Waals surface area contributed by atoms with E-state index in [9.17, 15) is 0 Å². The minimum atomic E-state index is 0.380. The fourth-order valence-corrected chi connectivity index (χ4v) is 0.774. The monoisotopic (exact) mass is 197 g/mol. The van der Waals surface area contributed by atoms with E-state index >= 15 is 0 Å². The molecule has 0 aliphatic heterocycles. The Morgan fingerprint density at radius 3 is 1.85 bits per heavy atom. The third-order valence-corrected chi connectivity index (χ3v) is 1.65. The van der Waals surface area contributed by atoms with E-state index in [1.807, 2.05) is 19.1 Å². The first-order valence-corrected chi connectivity index (χ1v) is 7.06. The van der Waals surface area contributed by atoms with Crippen LogP contribution in [0.5, 0.6) is 0 Å². The maximum Gasteiger partial charge on any atom is 0.0346 e. The van der Waals surface area contributed by atoms with Crippen molar-refractivity contribution >= 4 is 13.6 Å². The molecular formula is C11H20NP. The number of nitrogen functional groups attached to an aromatic ring is 1. The van der Waals surface area contributed by atoms with E-state index in [-0.39, 0.29) is 0 Å². The smallest absolute Gasteiger partial charge is 0.0346 e. The molecule has 0 unspecified atom stereocenters. The second kappa shape index (κ2) is 5.99. The summed E-state index contributed by atoms with van der Waals surface area (Å²) in [7, 11) is 0.380. The predicted molar refractivity (Wildman–Crippen MR) is 65.0 cm³/mol. The highest BCUT2D eigenvalue weighted by Crippen LogP contribution is 2.14. The molecule has 1 rings (SSSR count). The molecule has 0 bridgehead atoms. The summed E-state index contributed by atoms with van der Waals surface area (Å²) in [6.07, 6.45) is 0. The van der Waals surface area contributed by atoms with Gasteiger partial charge in [-0.25, -0.2) is 0 Å². The van der Waals surface area contributed by atoms with Gasteiger partial charge in [0.2, 0.25) is 0 Å². The number of nitrogens with two attached hydrogens (primary N) is 1. The molecule has 1 aromatic rings. The van der Waals surface area contributed by atoms with Gasteiger partial charge in [-0.1, -0.05) is 12.1 Å². The van der Waals surface area contributed by atoms with Gasteiger partial charge in [0.15, 0.2) is 0 Å². The lowest BCUT2D eigenvalue weighted by atomic mass is 10.1. The van der Waals surface area contributed by atoms with Crippen LogP contribution in [0.3, 0.4) is 0 Å². The molecule has 0 saturated heterocycles. The molecule has 0 heterocycles. The van der Waals surface area contributed by atoms with E-state index in [1.165, 1.54) is 11.1 Å². The zero-order valence-electron chi connectivity index (χ0n) is 9.26. The second-order valence-electron chi connectivity index (χ2n) is 3.63. The number of hydrogen-bond acceptors (Lipinski definition) is 1. The van der Waals surface area contributed by atoms with Gasteiger partial charge in [-0.15, -0.1) is 7.92 Å². The van der Waals surface area contributed by atoms with Crippen LogP contribution in [0.4, 0.5) is 5.69 Å².